The molecule has 4 rings (SSSR count). The number of amides is 2. The summed E-state index contributed by atoms with van der Waals surface area (Å²) < 4.78 is 5.56. The predicted molar refractivity (Wildman–Crippen MR) is 134 cm³/mol. The Hall–Kier alpha value is -3.84. The average Bonchev–Trinajstić information content (AvgIpc) is 3.15. The van der Waals surface area contributed by atoms with Crippen molar-refractivity contribution >= 4 is 35.3 Å². The first-order valence-electron chi connectivity index (χ1n) is 11.2. The number of halogens is 1. The summed E-state index contributed by atoms with van der Waals surface area (Å²) in [7, 11) is 0. The van der Waals surface area contributed by atoms with Crippen molar-refractivity contribution in [1.82, 2.24) is 5.32 Å². The number of fused-ring (bicyclic) bond motifs is 3. The van der Waals surface area contributed by atoms with Crippen LogP contribution >= 0.6 is 11.6 Å². The van der Waals surface area contributed by atoms with Gasteiger partial charge in [0.05, 0.1) is 11.3 Å². The Morgan fingerprint density at radius 2 is 1.57 bits per heavy atom. The number of aromatic carboxylic acids is 1. The van der Waals surface area contributed by atoms with E-state index in [4.69, 9.17) is 16.3 Å². The van der Waals surface area contributed by atoms with Crippen LogP contribution in [0.25, 0.3) is 11.1 Å². The van der Waals surface area contributed by atoms with Crippen molar-refractivity contribution in [1.29, 1.82) is 0 Å². The van der Waals surface area contributed by atoms with Gasteiger partial charge in [-0.1, -0.05) is 74.0 Å². The van der Waals surface area contributed by atoms with Crippen molar-refractivity contribution in [2.75, 3.05) is 11.9 Å². The fourth-order valence-electron chi connectivity index (χ4n) is 4.31. The van der Waals surface area contributed by atoms with Crippen molar-refractivity contribution < 1.29 is 24.2 Å². The highest BCUT2D eigenvalue weighted by Crippen LogP contribution is 2.44. The number of carboxylic acid groups (broad SMARTS) is 1. The van der Waals surface area contributed by atoms with Crippen LogP contribution in [0.3, 0.4) is 0 Å². The first kappa shape index (κ1) is 24.3. The number of ether oxygens (including phenoxy) is 1. The molecule has 2 amide bonds. The smallest absolute Gasteiger partial charge is 0.407 e. The van der Waals surface area contributed by atoms with Crippen LogP contribution in [0, 0.1) is 5.92 Å². The molecule has 35 heavy (non-hydrogen) atoms. The lowest BCUT2D eigenvalue weighted by molar-refractivity contribution is -0.119. The second-order valence-electron chi connectivity index (χ2n) is 8.68. The van der Waals surface area contributed by atoms with Crippen molar-refractivity contribution in [3.63, 3.8) is 0 Å². The highest BCUT2D eigenvalue weighted by Gasteiger charge is 2.30. The maximum atomic E-state index is 12.9. The molecule has 3 aromatic rings. The Morgan fingerprint density at radius 1 is 0.971 bits per heavy atom. The number of hydrogen-bond acceptors (Lipinski definition) is 4. The topological polar surface area (TPSA) is 105 Å². The van der Waals surface area contributed by atoms with Crippen LogP contribution in [-0.2, 0) is 9.53 Å². The van der Waals surface area contributed by atoms with Crippen molar-refractivity contribution in [3.05, 3.63) is 88.4 Å². The number of carbonyl (C=O) groups excluding carboxylic acids is 2. The summed E-state index contributed by atoms with van der Waals surface area (Å²) in [5.74, 6) is -2.17. The summed E-state index contributed by atoms with van der Waals surface area (Å²) in [6.07, 6.45) is -0.727. The Balaban J connectivity index is 1.44. The van der Waals surface area contributed by atoms with E-state index in [1.54, 1.807) is 13.8 Å². The van der Waals surface area contributed by atoms with Crippen molar-refractivity contribution in [2.24, 2.45) is 5.92 Å². The third-order valence-electron chi connectivity index (χ3n) is 6.04. The van der Waals surface area contributed by atoms with Gasteiger partial charge in [-0.25, -0.2) is 9.59 Å². The SMILES string of the molecule is CC(C)[C@H](NC(=O)OCC1c2ccccc2-c2ccccc21)C(=O)Nc1ccc(Cl)cc1C(=O)O. The van der Waals surface area contributed by atoms with E-state index in [0.29, 0.717) is 0 Å². The molecule has 0 saturated carbocycles. The zero-order valence-electron chi connectivity index (χ0n) is 19.2. The summed E-state index contributed by atoms with van der Waals surface area (Å²) in [5.41, 5.74) is 4.36. The zero-order valence-corrected chi connectivity index (χ0v) is 20.0. The van der Waals surface area contributed by atoms with Gasteiger partial charge in [0, 0.05) is 10.9 Å². The molecule has 0 unspecified atom stereocenters. The Morgan fingerprint density at radius 3 is 2.14 bits per heavy atom. The molecule has 0 saturated heterocycles. The minimum Gasteiger partial charge on any atom is -0.478 e. The molecule has 0 radical (unpaired) electrons. The van der Waals surface area contributed by atoms with E-state index in [2.05, 4.69) is 22.8 Å². The monoisotopic (exact) mass is 492 g/mol. The molecule has 0 spiro atoms. The van der Waals surface area contributed by atoms with Crippen molar-refractivity contribution in [3.8, 4) is 11.1 Å². The second kappa shape index (κ2) is 10.2. The third kappa shape index (κ3) is 5.15. The van der Waals surface area contributed by atoms with Gasteiger partial charge in [0.2, 0.25) is 5.91 Å². The van der Waals surface area contributed by atoms with Gasteiger partial charge in [-0.3, -0.25) is 4.79 Å². The first-order chi connectivity index (χ1) is 16.8. The molecule has 3 aromatic carbocycles. The molecule has 0 fully saturated rings. The van der Waals surface area contributed by atoms with E-state index in [1.165, 1.54) is 18.2 Å². The minimum absolute atomic E-state index is 0.0897. The minimum atomic E-state index is -1.23. The molecular formula is C27H25ClN2O5. The standard InChI is InChI=1S/C27H25ClN2O5/c1-15(2)24(25(31)29-23-12-11-16(28)13-21(23)26(32)33)30-27(34)35-14-22-19-9-5-3-7-17(19)18-8-4-6-10-20(18)22/h3-13,15,22,24H,14H2,1-2H3,(H,29,31)(H,30,34)(H,32,33)/t24-/m0/s1. The normalized spacial score (nSPS) is 13.0. The summed E-state index contributed by atoms with van der Waals surface area (Å²) in [6.45, 7) is 3.66. The van der Waals surface area contributed by atoms with Crippen molar-refractivity contribution in [2.45, 2.75) is 25.8 Å². The number of carbonyl (C=O) groups is 3. The van der Waals surface area contributed by atoms with Gasteiger partial charge in [-0.2, -0.15) is 0 Å². The largest absolute Gasteiger partial charge is 0.478 e. The second-order valence-corrected chi connectivity index (χ2v) is 9.11. The quantitative estimate of drug-likeness (QED) is 0.401. The van der Waals surface area contributed by atoms with Crippen LogP contribution < -0.4 is 10.6 Å². The van der Waals surface area contributed by atoms with Gasteiger partial charge in [-0.15, -0.1) is 0 Å². The lowest BCUT2D eigenvalue weighted by Gasteiger charge is -2.22. The molecule has 1 aliphatic rings. The van der Waals surface area contributed by atoms with Crippen LogP contribution in [0.2, 0.25) is 5.02 Å². The fraction of sp³-hybridized carbons (Fsp3) is 0.222. The zero-order chi connectivity index (χ0) is 25.1. The lowest BCUT2D eigenvalue weighted by Crippen LogP contribution is -2.47. The summed E-state index contributed by atoms with van der Waals surface area (Å²) in [6, 6.07) is 19.2. The third-order valence-corrected chi connectivity index (χ3v) is 6.27. The number of alkyl carbamates (subject to hydrolysis) is 1. The molecule has 8 heteroatoms. The molecule has 0 heterocycles. The van der Waals surface area contributed by atoms with E-state index >= 15 is 0 Å². The fourth-order valence-corrected chi connectivity index (χ4v) is 4.49. The Labute approximate surface area is 208 Å². The van der Waals surface area contributed by atoms with Crippen LogP contribution in [-0.4, -0.2) is 35.7 Å². The number of hydrogen-bond donors (Lipinski definition) is 3. The molecule has 0 aromatic heterocycles. The Bertz CT molecular complexity index is 1240. The maximum absolute atomic E-state index is 12.9. The number of benzene rings is 3. The van der Waals surface area contributed by atoms with Crippen LogP contribution in [0.15, 0.2) is 66.7 Å². The summed E-state index contributed by atoms with van der Waals surface area (Å²) in [5, 5.41) is 14.8. The predicted octanol–water partition coefficient (Wildman–Crippen LogP) is 5.54. The van der Waals surface area contributed by atoms with Gasteiger partial charge in [0.15, 0.2) is 0 Å². The molecule has 1 atom stereocenters. The van der Waals surface area contributed by atoms with Gasteiger partial charge in [0.1, 0.15) is 12.6 Å². The molecule has 180 valence electrons. The average molecular weight is 493 g/mol. The summed E-state index contributed by atoms with van der Waals surface area (Å²) >= 11 is 5.88. The van der Waals surface area contributed by atoms with E-state index < -0.39 is 24.0 Å². The first-order valence-corrected chi connectivity index (χ1v) is 11.6. The van der Waals surface area contributed by atoms with E-state index in [-0.39, 0.29) is 34.7 Å². The van der Waals surface area contributed by atoms with Gasteiger partial charge < -0.3 is 20.5 Å². The highest BCUT2D eigenvalue weighted by atomic mass is 35.5. The maximum Gasteiger partial charge on any atom is 0.407 e. The number of anilines is 1. The van der Waals surface area contributed by atoms with Gasteiger partial charge in [-0.05, 0) is 46.4 Å². The number of nitrogens with one attached hydrogen (secondary N) is 2. The van der Waals surface area contributed by atoms with Gasteiger partial charge >= 0.3 is 12.1 Å². The lowest BCUT2D eigenvalue weighted by atomic mass is 9.98. The Kier molecular flexibility index (Phi) is 7.07. The van der Waals surface area contributed by atoms with Gasteiger partial charge in [0.25, 0.3) is 0 Å². The molecule has 7 nitrogen and oxygen atoms in total. The van der Waals surface area contributed by atoms with E-state index in [9.17, 15) is 19.5 Å². The highest BCUT2D eigenvalue weighted by molar-refractivity contribution is 6.31. The molecular weight excluding hydrogens is 468 g/mol. The van der Waals surface area contributed by atoms with Crippen LogP contribution in [0.1, 0.15) is 41.3 Å². The number of rotatable bonds is 7. The molecule has 1 aliphatic carbocycles. The van der Waals surface area contributed by atoms with Crippen LogP contribution in [0.5, 0.6) is 0 Å². The molecule has 0 aliphatic heterocycles. The van der Waals surface area contributed by atoms with Crippen LogP contribution in [0.4, 0.5) is 10.5 Å². The summed E-state index contributed by atoms with van der Waals surface area (Å²) in [4.78, 5) is 37.1. The van der Waals surface area contributed by atoms with E-state index in [0.717, 1.165) is 22.3 Å². The molecule has 0 bridgehead atoms. The van der Waals surface area contributed by atoms with E-state index in [1.807, 2.05) is 36.4 Å². The molecule has 3 N–H and O–H groups in total. The number of carboxylic acids is 1.